The summed E-state index contributed by atoms with van der Waals surface area (Å²) in [5.41, 5.74) is 0.643. The highest BCUT2D eigenvalue weighted by molar-refractivity contribution is 7.89. The van der Waals surface area contributed by atoms with Gasteiger partial charge >= 0.3 is 0 Å². The lowest BCUT2D eigenvalue weighted by molar-refractivity contribution is 0.350. The van der Waals surface area contributed by atoms with Crippen LogP contribution < -0.4 is 4.72 Å². The molecule has 0 aliphatic heterocycles. The van der Waals surface area contributed by atoms with Crippen LogP contribution in [0.25, 0.3) is 0 Å². The van der Waals surface area contributed by atoms with Crippen molar-refractivity contribution in [3.63, 3.8) is 0 Å². The van der Waals surface area contributed by atoms with Crippen LogP contribution in [0.2, 0.25) is 0 Å². The normalized spacial score (nSPS) is 10.8. The predicted octanol–water partition coefficient (Wildman–Crippen LogP) is 1.10. The number of hydrogen-bond donors (Lipinski definition) is 2. The average Bonchev–Trinajstić information content (AvgIpc) is 2.97. The van der Waals surface area contributed by atoms with E-state index in [9.17, 15) is 8.42 Å². The van der Waals surface area contributed by atoms with Gasteiger partial charge in [0.05, 0.1) is 17.7 Å². The molecule has 104 valence electrons. The first-order valence-corrected chi connectivity index (χ1v) is 7.32. The van der Waals surface area contributed by atoms with E-state index in [-0.39, 0.29) is 18.0 Å². The zero-order valence-corrected chi connectivity index (χ0v) is 11.4. The molecule has 0 saturated heterocycles. The summed E-state index contributed by atoms with van der Waals surface area (Å²) < 4.78 is 31.5. The van der Waals surface area contributed by atoms with E-state index >= 15 is 0 Å². The Kier molecular flexibility index (Phi) is 4.58. The summed E-state index contributed by atoms with van der Waals surface area (Å²) >= 11 is 0. The summed E-state index contributed by atoms with van der Waals surface area (Å²) in [5, 5.41) is 8.58. The van der Waals surface area contributed by atoms with Crippen LogP contribution in [-0.2, 0) is 16.6 Å². The zero-order chi connectivity index (χ0) is 14.4. The van der Waals surface area contributed by atoms with Gasteiger partial charge in [-0.25, -0.2) is 13.1 Å². The Morgan fingerprint density at radius 3 is 2.55 bits per heavy atom. The van der Waals surface area contributed by atoms with Crippen LogP contribution in [0.3, 0.4) is 0 Å². The van der Waals surface area contributed by atoms with Crippen molar-refractivity contribution in [2.75, 3.05) is 6.61 Å². The van der Waals surface area contributed by atoms with Gasteiger partial charge in [-0.15, -0.1) is 0 Å². The van der Waals surface area contributed by atoms with Crippen molar-refractivity contribution in [1.82, 2.24) is 4.72 Å². The largest absolute Gasteiger partial charge is 0.468 e. The standard InChI is InChI=1S/C14H13NO4S/c16-9-1-3-12-5-7-14(8-6-12)20(17,18)15-11-13-4-2-10-19-13/h2,4-8,10,15-16H,9,11H2. The van der Waals surface area contributed by atoms with Gasteiger partial charge in [-0.1, -0.05) is 11.8 Å². The highest BCUT2D eigenvalue weighted by Crippen LogP contribution is 2.11. The molecule has 6 heteroatoms. The molecule has 0 fully saturated rings. The van der Waals surface area contributed by atoms with E-state index in [1.165, 1.54) is 18.4 Å². The monoisotopic (exact) mass is 291 g/mol. The molecule has 0 atom stereocenters. The lowest BCUT2D eigenvalue weighted by atomic mass is 10.2. The second-order valence-electron chi connectivity index (χ2n) is 3.89. The number of rotatable bonds is 4. The van der Waals surface area contributed by atoms with Crippen molar-refractivity contribution in [3.8, 4) is 11.8 Å². The van der Waals surface area contributed by atoms with Crippen LogP contribution in [-0.4, -0.2) is 20.1 Å². The third-order valence-electron chi connectivity index (χ3n) is 2.49. The fraction of sp³-hybridized carbons (Fsp3) is 0.143. The summed E-state index contributed by atoms with van der Waals surface area (Å²) in [4.78, 5) is 0.151. The van der Waals surface area contributed by atoms with E-state index in [0.717, 1.165) is 0 Å². The van der Waals surface area contributed by atoms with Crippen LogP contribution in [0, 0.1) is 11.8 Å². The topological polar surface area (TPSA) is 79.5 Å². The Morgan fingerprint density at radius 2 is 1.95 bits per heavy atom. The minimum atomic E-state index is -3.58. The molecule has 0 aliphatic carbocycles. The molecule has 1 heterocycles. The van der Waals surface area contributed by atoms with Crippen molar-refractivity contribution >= 4 is 10.0 Å². The van der Waals surface area contributed by atoms with E-state index in [2.05, 4.69) is 16.6 Å². The summed E-state index contributed by atoms with van der Waals surface area (Å²) in [5.74, 6) is 5.73. The molecule has 0 saturated carbocycles. The van der Waals surface area contributed by atoms with Gasteiger partial charge in [0.1, 0.15) is 12.4 Å². The maximum atomic E-state index is 12.0. The van der Waals surface area contributed by atoms with E-state index in [0.29, 0.717) is 11.3 Å². The number of hydrogen-bond acceptors (Lipinski definition) is 4. The number of furan rings is 1. The highest BCUT2D eigenvalue weighted by atomic mass is 32.2. The molecule has 0 amide bonds. The Labute approximate surface area is 117 Å². The highest BCUT2D eigenvalue weighted by Gasteiger charge is 2.13. The summed E-state index contributed by atoms with van der Waals surface area (Å²) in [6.45, 7) is -0.133. The third-order valence-corrected chi connectivity index (χ3v) is 3.91. The van der Waals surface area contributed by atoms with E-state index in [4.69, 9.17) is 9.52 Å². The molecule has 0 radical (unpaired) electrons. The summed E-state index contributed by atoms with van der Waals surface area (Å²) in [7, 11) is -3.58. The van der Waals surface area contributed by atoms with E-state index < -0.39 is 10.0 Å². The average molecular weight is 291 g/mol. The van der Waals surface area contributed by atoms with Gasteiger partial charge < -0.3 is 9.52 Å². The quantitative estimate of drug-likeness (QED) is 0.827. The second kappa shape index (κ2) is 6.39. The van der Waals surface area contributed by atoms with Crippen LogP contribution in [0.1, 0.15) is 11.3 Å². The molecular formula is C14H13NO4S. The number of nitrogens with one attached hydrogen (secondary N) is 1. The minimum absolute atomic E-state index is 0.0986. The molecule has 5 nitrogen and oxygen atoms in total. The first-order chi connectivity index (χ1) is 9.62. The number of aliphatic hydroxyl groups excluding tert-OH is 1. The SMILES string of the molecule is O=S(=O)(NCc1ccco1)c1ccc(C#CCO)cc1. The second-order valence-corrected chi connectivity index (χ2v) is 5.66. The third kappa shape index (κ3) is 3.71. The van der Waals surface area contributed by atoms with Gasteiger partial charge in [0.25, 0.3) is 0 Å². The number of aliphatic hydroxyl groups is 1. The molecule has 20 heavy (non-hydrogen) atoms. The van der Waals surface area contributed by atoms with Crippen molar-refractivity contribution in [1.29, 1.82) is 0 Å². The number of sulfonamides is 1. The van der Waals surface area contributed by atoms with Crippen LogP contribution >= 0.6 is 0 Å². The molecule has 1 aromatic carbocycles. The maximum absolute atomic E-state index is 12.0. The fourth-order valence-electron chi connectivity index (χ4n) is 1.52. The minimum Gasteiger partial charge on any atom is -0.468 e. The van der Waals surface area contributed by atoms with Crippen molar-refractivity contribution in [3.05, 3.63) is 54.0 Å². The van der Waals surface area contributed by atoms with Gasteiger partial charge in [0.2, 0.25) is 10.0 Å². The smallest absolute Gasteiger partial charge is 0.240 e. The van der Waals surface area contributed by atoms with Crippen LogP contribution in [0.15, 0.2) is 52.0 Å². The Bertz CT molecular complexity index is 707. The van der Waals surface area contributed by atoms with Gasteiger partial charge in [-0.05, 0) is 36.4 Å². The molecule has 0 bridgehead atoms. The summed E-state index contributed by atoms with van der Waals surface area (Å²) in [6.07, 6.45) is 1.48. The van der Waals surface area contributed by atoms with Gasteiger partial charge in [0, 0.05) is 5.56 Å². The first kappa shape index (κ1) is 14.3. The fourth-order valence-corrected chi connectivity index (χ4v) is 2.51. The maximum Gasteiger partial charge on any atom is 0.240 e. The molecule has 0 spiro atoms. The lowest BCUT2D eigenvalue weighted by Crippen LogP contribution is -2.22. The van der Waals surface area contributed by atoms with Crippen LogP contribution in [0.5, 0.6) is 0 Å². The van der Waals surface area contributed by atoms with Crippen molar-refractivity contribution < 1.29 is 17.9 Å². The number of benzene rings is 1. The molecule has 0 unspecified atom stereocenters. The molecule has 1 aromatic heterocycles. The first-order valence-electron chi connectivity index (χ1n) is 5.84. The molecule has 2 N–H and O–H groups in total. The lowest BCUT2D eigenvalue weighted by Gasteiger charge is -2.05. The molecule has 2 rings (SSSR count). The van der Waals surface area contributed by atoms with Crippen molar-refractivity contribution in [2.45, 2.75) is 11.4 Å². The molecular weight excluding hydrogens is 278 g/mol. The van der Waals surface area contributed by atoms with Gasteiger partial charge in [-0.3, -0.25) is 0 Å². The molecule has 2 aromatic rings. The van der Waals surface area contributed by atoms with Gasteiger partial charge in [-0.2, -0.15) is 0 Å². The zero-order valence-electron chi connectivity index (χ0n) is 10.5. The van der Waals surface area contributed by atoms with E-state index in [1.54, 1.807) is 24.3 Å². The van der Waals surface area contributed by atoms with Crippen LogP contribution in [0.4, 0.5) is 0 Å². The Balaban J connectivity index is 2.09. The Morgan fingerprint density at radius 1 is 1.20 bits per heavy atom. The molecule has 0 aliphatic rings. The van der Waals surface area contributed by atoms with Crippen molar-refractivity contribution in [2.24, 2.45) is 0 Å². The van der Waals surface area contributed by atoms with Gasteiger partial charge in [0.15, 0.2) is 0 Å². The Hall–Kier alpha value is -2.07. The predicted molar refractivity (Wildman–Crippen MR) is 73.1 cm³/mol. The van der Waals surface area contributed by atoms with E-state index in [1.807, 2.05) is 0 Å². The summed E-state index contributed by atoms with van der Waals surface area (Å²) in [6, 6.07) is 9.49.